The van der Waals surface area contributed by atoms with Crippen LogP contribution in [0.15, 0.2) is 12.1 Å². The van der Waals surface area contributed by atoms with Gasteiger partial charge >= 0.3 is 0 Å². The molecular formula is C14H23NO2. The number of pyridine rings is 1. The molecule has 0 fully saturated rings. The van der Waals surface area contributed by atoms with Gasteiger partial charge in [-0.1, -0.05) is 13.3 Å². The van der Waals surface area contributed by atoms with Gasteiger partial charge in [0.05, 0.1) is 12.3 Å². The maximum atomic E-state index is 8.66. The molecule has 1 aromatic heterocycles. The molecule has 1 rings (SSSR count). The Hall–Kier alpha value is -1.09. The van der Waals surface area contributed by atoms with E-state index in [-0.39, 0.29) is 0 Å². The third kappa shape index (κ3) is 5.18. The van der Waals surface area contributed by atoms with Crippen LogP contribution in [0.25, 0.3) is 0 Å². The number of aromatic nitrogens is 1. The Morgan fingerprint density at radius 3 is 2.65 bits per heavy atom. The van der Waals surface area contributed by atoms with Crippen LogP contribution in [0.5, 0.6) is 5.75 Å². The molecule has 0 saturated heterocycles. The van der Waals surface area contributed by atoms with Gasteiger partial charge in [-0.15, -0.1) is 0 Å². The number of hydrogen-bond acceptors (Lipinski definition) is 3. The number of ether oxygens (including phenoxy) is 1. The van der Waals surface area contributed by atoms with Gasteiger partial charge in [-0.2, -0.15) is 0 Å². The van der Waals surface area contributed by atoms with Gasteiger partial charge in [0.2, 0.25) is 0 Å². The first-order valence-electron chi connectivity index (χ1n) is 6.48. The molecule has 0 unspecified atom stereocenters. The second-order valence-electron chi connectivity index (χ2n) is 4.24. The monoisotopic (exact) mass is 237 g/mol. The molecule has 96 valence electrons. The van der Waals surface area contributed by atoms with Crippen molar-refractivity contribution in [2.75, 3.05) is 13.2 Å². The second kappa shape index (κ2) is 8.07. The van der Waals surface area contributed by atoms with Crippen molar-refractivity contribution in [2.24, 2.45) is 0 Å². The third-order valence-electron chi connectivity index (χ3n) is 2.72. The smallest absolute Gasteiger partial charge is 0.140 e. The molecule has 17 heavy (non-hydrogen) atoms. The van der Waals surface area contributed by atoms with Crippen LogP contribution >= 0.6 is 0 Å². The molecule has 0 saturated carbocycles. The zero-order chi connectivity index (χ0) is 12.5. The highest BCUT2D eigenvalue weighted by molar-refractivity contribution is 5.29. The molecule has 0 bridgehead atoms. The summed E-state index contributed by atoms with van der Waals surface area (Å²) in [4.78, 5) is 4.46. The minimum Gasteiger partial charge on any atom is -0.492 e. The van der Waals surface area contributed by atoms with Crippen molar-refractivity contribution in [3.8, 4) is 5.75 Å². The van der Waals surface area contributed by atoms with Gasteiger partial charge in [0, 0.05) is 12.3 Å². The highest BCUT2D eigenvalue weighted by Crippen LogP contribution is 2.17. The van der Waals surface area contributed by atoms with E-state index in [1.54, 1.807) is 0 Å². The van der Waals surface area contributed by atoms with Gasteiger partial charge in [-0.3, -0.25) is 4.98 Å². The maximum absolute atomic E-state index is 8.66. The molecule has 3 nitrogen and oxygen atoms in total. The van der Waals surface area contributed by atoms with Gasteiger partial charge in [-0.25, -0.2) is 0 Å². The molecule has 0 aromatic carbocycles. The van der Waals surface area contributed by atoms with Crippen LogP contribution in [0.2, 0.25) is 0 Å². The highest BCUT2D eigenvalue weighted by Gasteiger charge is 2.03. The van der Waals surface area contributed by atoms with Crippen LogP contribution in [0.1, 0.15) is 44.0 Å². The van der Waals surface area contributed by atoms with E-state index in [1.165, 1.54) is 0 Å². The van der Waals surface area contributed by atoms with Crippen LogP contribution in [0.3, 0.4) is 0 Å². The molecule has 1 aromatic rings. The number of unbranched alkanes of at least 4 members (excludes halogenated alkanes) is 3. The standard InChI is InChI=1S/C14H23NO2/c1-3-13-14(9-8-12(2)15-13)17-11-7-5-4-6-10-16/h8-9,16H,3-7,10-11H2,1-2H3. The second-order valence-corrected chi connectivity index (χ2v) is 4.24. The van der Waals surface area contributed by atoms with Crippen LogP contribution in [0, 0.1) is 6.92 Å². The number of nitrogens with zero attached hydrogens (tertiary/aromatic N) is 1. The highest BCUT2D eigenvalue weighted by atomic mass is 16.5. The topological polar surface area (TPSA) is 42.4 Å². The first-order chi connectivity index (χ1) is 8.27. The van der Waals surface area contributed by atoms with Crippen molar-refractivity contribution < 1.29 is 9.84 Å². The molecule has 3 heteroatoms. The van der Waals surface area contributed by atoms with Gasteiger partial charge in [0.1, 0.15) is 5.75 Å². The fraction of sp³-hybridized carbons (Fsp3) is 0.643. The average Bonchev–Trinajstić information content (AvgIpc) is 2.35. The largest absolute Gasteiger partial charge is 0.492 e. The van der Waals surface area contributed by atoms with E-state index in [1.807, 2.05) is 19.1 Å². The zero-order valence-corrected chi connectivity index (χ0v) is 10.9. The van der Waals surface area contributed by atoms with Crippen LogP contribution in [-0.2, 0) is 6.42 Å². The Morgan fingerprint density at radius 1 is 1.18 bits per heavy atom. The van der Waals surface area contributed by atoms with E-state index < -0.39 is 0 Å². The molecule has 1 N–H and O–H groups in total. The molecular weight excluding hydrogens is 214 g/mol. The van der Waals surface area contributed by atoms with E-state index in [0.717, 1.165) is 55.8 Å². The lowest BCUT2D eigenvalue weighted by atomic mass is 10.2. The number of aryl methyl sites for hydroxylation is 2. The van der Waals surface area contributed by atoms with E-state index in [9.17, 15) is 0 Å². The van der Waals surface area contributed by atoms with Crippen LogP contribution < -0.4 is 4.74 Å². The average molecular weight is 237 g/mol. The fourth-order valence-electron chi connectivity index (χ4n) is 1.73. The molecule has 0 aliphatic carbocycles. The first kappa shape index (κ1) is 14.0. The molecule has 0 radical (unpaired) electrons. The maximum Gasteiger partial charge on any atom is 0.140 e. The molecule has 0 atom stereocenters. The third-order valence-corrected chi connectivity index (χ3v) is 2.72. The minimum absolute atomic E-state index is 0.294. The number of hydrogen-bond donors (Lipinski definition) is 1. The van der Waals surface area contributed by atoms with E-state index in [0.29, 0.717) is 6.61 Å². The summed E-state index contributed by atoms with van der Waals surface area (Å²) in [7, 11) is 0. The molecule has 0 aliphatic rings. The van der Waals surface area contributed by atoms with Gasteiger partial charge in [0.15, 0.2) is 0 Å². The lowest BCUT2D eigenvalue weighted by molar-refractivity contribution is 0.272. The Labute approximate surface area is 104 Å². The predicted octanol–water partition coefficient (Wildman–Crippen LogP) is 2.88. The zero-order valence-electron chi connectivity index (χ0n) is 10.9. The Balaban J connectivity index is 2.31. The lowest BCUT2D eigenvalue weighted by Crippen LogP contribution is -2.02. The molecule has 1 heterocycles. The summed E-state index contributed by atoms with van der Waals surface area (Å²) in [6.45, 7) is 5.12. The number of rotatable bonds is 8. The summed E-state index contributed by atoms with van der Waals surface area (Å²) in [5.41, 5.74) is 2.08. The minimum atomic E-state index is 0.294. The quantitative estimate of drug-likeness (QED) is 0.707. The SMILES string of the molecule is CCc1nc(C)ccc1OCCCCCCO. The summed E-state index contributed by atoms with van der Waals surface area (Å²) in [6, 6.07) is 4.00. The van der Waals surface area contributed by atoms with Gasteiger partial charge in [0.25, 0.3) is 0 Å². The Morgan fingerprint density at radius 2 is 1.94 bits per heavy atom. The van der Waals surface area contributed by atoms with Crippen LogP contribution in [0.4, 0.5) is 0 Å². The molecule has 0 aliphatic heterocycles. The van der Waals surface area contributed by atoms with Crippen molar-refractivity contribution in [1.82, 2.24) is 4.98 Å². The summed E-state index contributed by atoms with van der Waals surface area (Å²) in [5, 5.41) is 8.66. The van der Waals surface area contributed by atoms with Crippen molar-refractivity contribution in [3.63, 3.8) is 0 Å². The van der Waals surface area contributed by atoms with E-state index in [2.05, 4.69) is 11.9 Å². The van der Waals surface area contributed by atoms with Gasteiger partial charge in [-0.05, 0) is 44.7 Å². The molecule has 0 amide bonds. The number of aliphatic hydroxyl groups is 1. The van der Waals surface area contributed by atoms with Gasteiger partial charge < -0.3 is 9.84 Å². The van der Waals surface area contributed by atoms with Crippen molar-refractivity contribution in [2.45, 2.75) is 46.0 Å². The normalized spacial score (nSPS) is 10.5. The summed E-state index contributed by atoms with van der Waals surface area (Å²) >= 11 is 0. The first-order valence-corrected chi connectivity index (χ1v) is 6.48. The predicted molar refractivity (Wildman–Crippen MR) is 69.4 cm³/mol. The summed E-state index contributed by atoms with van der Waals surface area (Å²) in [5.74, 6) is 0.917. The fourth-order valence-corrected chi connectivity index (χ4v) is 1.73. The Kier molecular flexibility index (Phi) is 6.63. The van der Waals surface area contributed by atoms with Crippen molar-refractivity contribution in [1.29, 1.82) is 0 Å². The van der Waals surface area contributed by atoms with Crippen molar-refractivity contribution in [3.05, 3.63) is 23.5 Å². The number of aliphatic hydroxyl groups excluding tert-OH is 1. The van der Waals surface area contributed by atoms with E-state index in [4.69, 9.17) is 9.84 Å². The lowest BCUT2D eigenvalue weighted by Gasteiger charge is -2.10. The van der Waals surface area contributed by atoms with Crippen molar-refractivity contribution >= 4 is 0 Å². The summed E-state index contributed by atoms with van der Waals surface area (Å²) in [6.07, 6.45) is 5.03. The molecule has 0 spiro atoms. The summed E-state index contributed by atoms with van der Waals surface area (Å²) < 4.78 is 5.74. The Bertz CT molecular complexity index is 326. The van der Waals surface area contributed by atoms with Crippen LogP contribution in [-0.4, -0.2) is 23.3 Å². The van der Waals surface area contributed by atoms with E-state index >= 15 is 0 Å².